The van der Waals surface area contributed by atoms with Crippen molar-refractivity contribution in [2.75, 3.05) is 13.6 Å². The Morgan fingerprint density at radius 3 is 2.73 bits per heavy atom. The predicted molar refractivity (Wildman–Crippen MR) is 88.4 cm³/mol. The Hall–Kier alpha value is -1.75. The van der Waals surface area contributed by atoms with Crippen LogP contribution in [-0.2, 0) is 11.2 Å². The zero-order chi connectivity index (χ0) is 15.9. The van der Waals surface area contributed by atoms with Crippen molar-refractivity contribution < 1.29 is 9.18 Å². The number of hydrogen-bond acceptors (Lipinski definition) is 3. The number of hydrogen-bond donors (Lipinski definition) is 0. The predicted octanol–water partition coefficient (Wildman–Crippen LogP) is 4.14. The first-order valence-corrected chi connectivity index (χ1v) is 8.42. The Balaban J connectivity index is 1.89. The van der Waals surface area contributed by atoms with E-state index in [-0.39, 0.29) is 11.7 Å². The maximum Gasteiger partial charge on any atom is 0.222 e. The van der Waals surface area contributed by atoms with Crippen molar-refractivity contribution in [3.05, 3.63) is 40.5 Å². The number of rotatable bonds is 7. The van der Waals surface area contributed by atoms with Gasteiger partial charge in [-0.05, 0) is 30.7 Å². The molecule has 0 fully saturated rings. The van der Waals surface area contributed by atoms with Crippen molar-refractivity contribution in [3.8, 4) is 11.3 Å². The fourth-order valence-corrected chi connectivity index (χ4v) is 2.91. The van der Waals surface area contributed by atoms with E-state index in [2.05, 4.69) is 11.9 Å². The monoisotopic (exact) mass is 320 g/mol. The van der Waals surface area contributed by atoms with Crippen molar-refractivity contribution in [1.82, 2.24) is 9.88 Å². The minimum atomic E-state index is -0.250. The zero-order valence-corrected chi connectivity index (χ0v) is 13.8. The van der Waals surface area contributed by atoms with Gasteiger partial charge in [-0.2, -0.15) is 0 Å². The van der Waals surface area contributed by atoms with Gasteiger partial charge in [0.1, 0.15) is 5.82 Å². The van der Waals surface area contributed by atoms with Crippen molar-refractivity contribution in [2.24, 2.45) is 0 Å². The van der Waals surface area contributed by atoms with E-state index in [0.29, 0.717) is 12.8 Å². The molecule has 0 spiro atoms. The summed E-state index contributed by atoms with van der Waals surface area (Å²) in [4.78, 5) is 18.3. The summed E-state index contributed by atoms with van der Waals surface area (Å²) in [7, 11) is 1.85. The van der Waals surface area contributed by atoms with Gasteiger partial charge >= 0.3 is 0 Å². The summed E-state index contributed by atoms with van der Waals surface area (Å²) in [5.41, 5.74) is 1.74. The van der Waals surface area contributed by atoms with Crippen LogP contribution < -0.4 is 0 Å². The van der Waals surface area contributed by atoms with Crippen LogP contribution in [0.5, 0.6) is 0 Å². The first-order valence-electron chi connectivity index (χ1n) is 7.54. The minimum Gasteiger partial charge on any atom is -0.346 e. The topological polar surface area (TPSA) is 33.2 Å². The molecule has 0 aliphatic rings. The molecule has 0 unspecified atom stereocenters. The summed E-state index contributed by atoms with van der Waals surface area (Å²) >= 11 is 1.54. The highest BCUT2D eigenvalue weighted by Gasteiger charge is 2.10. The average Bonchev–Trinajstić information content (AvgIpc) is 2.99. The van der Waals surface area contributed by atoms with Crippen molar-refractivity contribution >= 4 is 17.2 Å². The highest BCUT2D eigenvalue weighted by Crippen LogP contribution is 2.23. The average molecular weight is 320 g/mol. The third-order valence-corrected chi connectivity index (χ3v) is 4.43. The van der Waals surface area contributed by atoms with Gasteiger partial charge in [0.25, 0.3) is 0 Å². The van der Waals surface area contributed by atoms with Crippen LogP contribution in [0.1, 0.15) is 31.2 Å². The molecule has 0 radical (unpaired) electrons. The Morgan fingerprint density at radius 1 is 1.32 bits per heavy atom. The van der Waals surface area contributed by atoms with Gasteiger partial charge in [0.15, 0.2) is 0 Å². The highest BCUT2D eigenvalue weighted by molar-refractivity contribution is 7.09. The number of carbonyl (C=O) groups is 1. The van der Waals surface area contributed by atoms with Gasteiger partial charge in [0, 0.05) is 37.4 Å². The van der Waals surface area contributed by atoms with Crippen LogP contribution in [0.4, 0.5) is 4.39 Å². The van der Waals surface area contributed by atoms with Gasteiger partial charge in [-0.25, -0.2) is 9.37 Å². The number of nitrogens with zero attached hydrogens (tertiary/aromatic N) is 2. The zero-order valence-electron chi connectivity index (χ0n) is 13.0. The Bertz CT molecular complexity index is 609. The van der Waals surface area contributed by atoms with Crippen LogP contribution in [0.25, 0.3) is 11.3 Å². The Kier molecular flexibility index (Phi) is 6.07. The molecular weight excluding hydrogens is 299 g/mol. The number of aromatic nitrogens is 1. The third-order valence-electron chi connectivity index (χ3n) is 3.52. The fourth-order valence-electron chi connectivity index (χ4n) is 2.10. The summed E-state index contributed by atoms with van der Waals surface area (Å²) in [5, 5.41) is 2.89. The number of amides is 1. The van der Waals surface area contributed by atoms with Gasteiger partial charge in [-0.15, -0.1) is 11.3 Å². The van der Waals surface area contributed by atoms with Crippen LogP contribution in [0.3, 0.4) is 0 Å². The number of thiazole rings is 1. The largest absolute Gasteiger partial charge is 0.346 e. The number of halogens is 1. The van der Waals surface area contributed by atoms with Crippen LogP contribution in [0, 0.1) is 5.82 Å². The molecule has 5 heteroatoms. The lowest BCUT2D eigenvalue weighted by Gasteiger charge is -2.16. The number of benzene rings is 1. The third kappa shape index (κ3) is 4.63. The molecule has 0 aliphatic heterocycles. The van der Waals surface area contributed by atoms with E-state index in [9.17, 15) is 9.18 Å². The molecule has 2 aromatic rings. The summed E-state index contributed by atoms with van der Waals surface area (Å²) < 4.78 is 12.9. The molecule has 2 rings (SSSR count). The van der Waals surface area contributed by atoms with E-state index >= 15 is 0 Å². The smallest absolute Gasteiger partial charge is 0.222 e. The number of carbonyl (C=O) groups excluding carboxylic acids is 1. The first-order chi connectivity index (χ1) is 10.6. The van der Waals surface area contributed by atoms with E-state index < -0.39 is 0 Å². The molecule has 0 saturated carbocycles. The SMILES string of the molecule is CCCCN(C)C(=O)CCc1nc(-c2ccc(F)cc2)cs1. The van der Waals surface area contributed by atoms with Gasteiger partial charge in [-0.3, -0.25) is 4.79 Å². The van der Waals surface area contributed by atoms with Gasteiger partial charge in [0.05, 0.1) is 10.7 Å². The molecule has 1 aromatic carbocycles. The molecule has 22 heavy (non-hydrogen) atoms. The van der Waals surface area contributed by atoms with Crippen molar-refractivity contribution in [3.63, 3.8) is 0 Å². The summed E-state index contributed by atoms with van der Waals surface area (Å²) in [6.07, 6.45) is 3.26. The lowest BCUT2D eigenvalue weighted by atomic mass is 10.2. The maximum absolute atomic E-state index is 12.9. The van der Waals surface area contributed by atoms with E-state index in [1.54, 1.807) is 28.4 Å². The molecule has 0 N–H and O–H groups in total. The van der Waals surface area contributed by atoms with Gasteiger partial charge in [-0.1, -0.05) is 13.3 Å². The molecule has 1 amide bonds. The molecule has 0 saturated heterocycles. The van der Waals surface area contributed by atoms with Gasteiger partial charge in [0.2, 0.25) is 5.91 Å². The molecule has 0 atom stereocenters. The van der Waals surface area contributed by atoms with E-state index in [1.807, 2.05) is 12.4 Å². The summed E-state index contributed by atoms with van der Waals surface area (Å²) in [6, 6.07) is 6.30. The van der Waals surface area contributed by atoms with Crippen molar-refractivity contribution in [1.29, 1.82) is 0 Å². The molecular formula is C17H21FN2OS. The van der Waals surface area contributed by atoms with Gasteiger partial charge < -0.3 is 4.90 Å². The second kappa shape index (κ2) is 8.03. The van der Waals surface area contributed by atoms with Crippen LogP contribution in [0.15, 0.2) is 29.6 Å². The molecule has 118 valence electrons. The number of aryl methyl sites for hydroxylation is 1. The molecule has 1 heterocycles. The first kappa shape index (κ1) is 16.6. The van der Waals surface area contributed by atoms with Crippen LogP contribution >= 0.6 is 11.3 Å². The standard InChI is InChI=1S/C17H21FN2OS/c1-3-4-11-20(2)17(21)10-9-16-19-15(12-22-16)13-5-7-14(18)8-6-13/h5-8,12H,3-4,9-11H2,1-2H3. The quantitative estimate of drug-likeness (QED) is 0.768. The lowest BCUT2D eigenvalue weighted by molar-refractivity contribution is -0.129. The molecule has 3 nitrogen and oxygen atoms in total. The second-order valence-corrected chi connectivity index (χ2v) is 6.24. The van der Waals surface area contributed by atoms with Crippen LogP contribution in [-0.4, -0.2) is 29.4 Å². The Labute approximate surface area is 134 Å². The van der Waals surface area contributed by atoms with E-state index in [0.717, 1.165) is 35.7 Å². The molecule has 0 bridgehead atoms. The molecule has 1 aromatic heterocycles. The highest BCUT2D eigenvalue weighted by atomic mass is 32.1. The van der Waals surface area contributed by atoms with Crippen molar-refractivity contribution in [2.45, 2.75) is 32.6 Å². The normalized spacial score (nSPS) is 10.7. The summed E-state index contributed by atoms with van der Waals surface area (Å²) in [5.74, 6) is -0.0908. The minimum absolute atomic E-state index is 0.159. The summed E-state index contributed by atoms with van der Waals surface area (Å²) in [6.45, 7) is 2.93. The van der Waals surface area contributed by atoms with E-state index in [4.69, 9.17) is 0 Å². The maximum atomic E-state index is 12.9. The van der Waals surface area contributed by atoms with E-state index in [1.165, 1.54) is 12.1 Å². The second-order valence-electron chi connectivity index (χ2n) is 5.30. The fraction of sp³-hybridized carbons (Fsp3) is 0.412. The lowest BCUT2D eigenvalue weighted by Crippen LogP contribution is -2.27. The van der Waals surface area contributed by atoms with Crippen LogP contribution in [0.2, 0.25) is 0 Å². The Morgan fingerprint density at radius 2 is 2.05 bits per heavy atom. The molecule has 0 aliphatic carbocycles. The number of unbranched alkanes of at least 4 members (excludes halogenated alkanes) is 1.